The first kappa shape index (κ1) is 15.6. The number of hydrogen-bond donors (Lipinski definition) is 3. The summed E-state index contributed by atoms with van der Waals surface area (Å²) in [5.74, 6) is 0.694. The van der Waals surface area contributed by atoms with Crippen molar-refractivity contribution in [1.29, 1.82) is 0 Å². The van der Waals surface area contributed by atoms with E-state index in [-0.39, 0.29) is 10.9 Å². The number of nitrogens with zero attached hydrogens (tertiary/aromatic N) is 2. The first-order valence-electron chi connectivity index (χ1n) is 8.30. The number of fused-ring (bicyclic) bond motifs is 3. The molecule has 0 spiro atoms. The molecule has 7 nitrogen and oxygen atoms in total. The summed E-state index contributed by atoms with van der Waals surface area (Å²) in [4.78, 5) is 4.30. The third kappa shape index (κ3) is 2.19. The van der Waals surface area contributed by atoms with Crippen molar-refractivity contribution < 1.29 is 18.6 Å². The number of rotatable bonds is 3. The molecule has 2 fully saturated rings. The van der Waals surface area contributed by atoms with E-state index in [1.54, 1.807) is 0 Å². The lowest BCUT2D eigenvalue weighted by molar-refractivity contribution is -0.0283. The lowest BCUT2D eigenvalue weighted by Crippen LogP contribution is -2.56. The average Bonchev–Trinajstić information content (AvgIpc) is 3.14. The van der Waals surface area contributed by atoms with E-state index in [9.17, 15) is 18.6 Å². The van der Waals surface area contributed by atoms with Crippen LogP contribution in [0.25, 0.3) is 0 Å². The van der Waals surface area contributed by atoms with Crippen LogP contribution in [0.1, 0.15) is 43.6 Å². The minimum atomic E-state index is -3.82. The summed E-state index contributed by atoms with van der Waals surface area (Å²) < 4.78 is 30.5. The van der Waals surface area contributed by atoms with Crippen molar-refractivity contribution in [1.82, 2.24) is 14.3 Å². The van der Waals surface area contributed by atoms with Gasteiger partial charge < -0.3 is 14.8 Å². The Bertz CT molecular complexity index is 744. The number of imidazole rings is 1. The van der Waals surface area contributed by atoms with Gasteiger partial charge in [0.05, 0.1) is 23.4 Å². The van der Waals surface area contributed by atoms with Gasteiger partial charge in [-0.2, -0.15) is 0 Å². The highest BCUT2D eigenvalue weighted by molar-refractivity contribution is 7.89. The van der Waals surface area contributed by atoms with Crippen molar-refractivity contribution in [2.75, 3.05) is 0 Å². The Balaban J connectivity index is 1.70. The third-order valence-electron chi connectivity index (χ3n) is 5.82. The lowest BCUT2D eigenvalue weighted by Gasteiger charge is -2.34. The van der Waals surface area contributed by atoms with Crippen molar-refractivity contribution in [3.63, 3.8) is 0 Å². The molecule has 0 aromatic carbocycles. The van der Waals surface area contributed by atoms with E-state index in [2.05, 4.69) is 9.71 Å². The van der Waals surface area contributed by atoms with Gasteiger partial charge in [-0.25, -0.2) is 18.1 Å². The van der Waals surface area contributed by atoms with Gasteiger partial charge in [-0.3, -0.25) is 0 Å². The van der Waals surface area contributed by atoms with E-state index >= 15 is 0 Å². The minimum absolute atomic E-state index is 0.0228. The number of hydrogen-bond acceptors (Lipinski definition) is 5. The maximum Gasteiger partial charge on any atom is 0.260 e. The van der Waals surface area contributed by atoms with Crippen LogP contribution >= 0.6 is 0 Å². The molecule has 2 bridgehead atoms. The predicted molar refractivity (Wildman–Crippen MR) is 82.3 cm³/mol. The molecule has 1 aromatic rings. The lowest BCUT2D eigenvalue weighted by atomic mass is 9.90. The zero-order valence-corrected chi connectivity index (χ0v) is 14.0. The van der Waals surface area contributed by atoms with Gasteiger partial charge >= 0.3 is 0 Å². The smallest absolute Gasteiger partial charge is 0.260 e. The Kier molecular flexibility index (Phi) is 3.39. The summed E-state index contributed by atoms with van der Waals surface area (Å²) in [5, 5.41) is 20.4. The van der Waals surface area contributed by atoms with Crippen LogP contribution in [-0.4, -0.2) is 45.9 Å². The number of aryl methyl sites for hydroxylation is 1. The Morgan fingerprint density at radius 1 is 1.35 bits per heavy atom. The first-order valence-corrected chi connectivity index (χ1v) is 9.78. The Morgan fingerprint density at radius 2 is 2.13 bits per heavy atom. The molecule has 1 aliphatic heterocycles. The van der Waals surface area contributed by atoms with Crippen LogP contribution in [0.2, 0.25) is 0 Å². The van der Waals surface area contributed by atoms with Crippen molar-refractivity contribution in [3.8, 4) is 0 Å². The topological polar surface area (TPSA) is 104 Å². The van der Waals surface area contributed by atoms with Gasteiger partial charge in [-0.15, -0.1) is 0 Å². The van der Waals surface area contributed by atoms with E-state index in [1.807, 2.05) is 11.5 Å². The molecular formula is C15H23N3O4S. The van der Waals surface area contributed by atoms with Crippen molar-refractivity contribution in [2.24, 2.45) is 5.92 Å². The highest BCUT2D eigenvalue weighted by Crippen LogP contribution is 2.48. The summed E-state index contributed by atoms with van der Waals surface area (Å²) in [6.45, 7) is 2.63. The second-order valence-corrected chi connectivity index (χ2v) is 8.82. The monoisotopic (exact) mass is 341 g/mol. The van der Waals surface area contributed by atoms with Gasteiger partial charge in [0.2, 0.25) is 0 Å². The maximum absolute atomic E-state index is 12.9. The molecule has 1 aromatic heterocycles. The number of aromatic nitrogens is 2. The number of nitrogens with one attached hydrogen (secondary N) is 1. The van der Waals surface area contributed by atoms with Gasteiger partial charge in [0.1, 0.15) is 5.82 Å². The fraction of sp³-hybridized carbons (Fsp3) is 0.800. The number of sulfonamides is 1. The fourth-order valence-electron chi connectivity index (χ4n) is 4.63. The standard InChI is InChI=1S/C15H23N3O4S/c1-9-16-14(11-4-2-3-7-18(9)11)23(21,22)17-15-6-5-10(8-15)12(19)13(15)20/h10,12-13,17,19-20H,2-8H2,1H3/t10?,12-,13-,15?/m0/s1. The fourth-order valence-corrected chi connectivity index (χ4v) is 6.34. The predicted octanol–water partition coefficient (Wildman–Crippen LogP) is 0.0804. The second-order valence-electron chi connectivity index (χ2n) is 7.22. The second kappa shape index (κ2) is 5.02. The first-order chi connectivity index (χ1) is 10.8. The molecule has 2 heterocycles. The van der Waals surface area contributed by atoms with Crippen LogP contribution in [0.4, 0.5) is 0 Å². The van der Waals surface area contributed by atoms with Gasteiger partial charge in [-0.1, -0.05) is 0 Å². The normalized spacial score (nSPS) is 36.4. The molecule has 3 aliphatic rings. The van der Waals surface area contributed by atoms with Crippen LogP contribution in [-0.2, 0) is 23.0 Å². The van der Waals surface area contributed by atoms with E-state index < -0.39 is 27.8 Å². The van der Waals surface area contributed by atoms with Crippen molar-refractivity contribution in [3.05, 3.63) is 11.5 Å². The Morgan fingerprint density at radius 3 is 2.83 bits per heavy atom. The van der Waals surface area contributed by atoms with Gasteiger partial charge in [0.25, 0.3) is 10.0 Å². The van der Waals surface area contributed by atoms with Crippen molar-refractivity contribution >= 4 is 10.0 Å². The minimum Gasteiger partial charge on any atom is -0.390 e. The third-order valence-corrected chi connectivity index (χ3v) is 7.34. The zero-order valence-electron chi connectivity index (χ0n) is 13.2. The molecule has 2 unspecified atom stereocenters. The van der Waals surface area contributed by atoms with E-state index in [0.29, 0.717) is 25.1 Å². The molecular weight excluding hydrogens is 318 g/mol. The SMILES string of the molecule is Cc1nc(S(=O)(=O)NC23CCC(C2)[C@H](O)[C@@H]3O)c2n1CCCC2. The summed E-state index contributed by atoms with van der Waals surface area (Å²) in [5.41, 5.74) is -0.178. The van der Waals surface area contributed by atoms with E-state index in [4.69, 9.17) is 0 Å². The highest BCUT2D eigenvalue weighted by atomic mass is 32.2. The molecule has 23 heavy (non-hydrogen) atoms. The van der Waals surface area contributed by atoms with Crippen LogP contribution in [0.5, 0.6) is 0 Å². The van der Waals surface area contributed by atoms with Crippen LogP contribution in [0, 0.1) is 12.8 Å². The number of aliphatic hydroxyl groups excluding tert-OH is 2. The quantitative estimate of drug-likeness (QED) is 0.722. The summed E-state index contributed by atoms with van der Waals surface area (Å²) in [6, 6.07) is 0. The van der Waals surface area contributed by atoms with Gasteiger partial charge in [0.15, 0.2) is 5.03 Å². The van der Waals surface area contributed by atoms with Crippen LogP contribution in [0.15, 0.2) is 5.03 Å². The highest BCUT2D eigenvalue weighted by Gasteiger charge is 2.59. The van der Waals surface area contributed by atoms with E-state index in [0.717, 1.165) is 31.5 Å². The summed E-state index contributed by atoms with van der Waals surface area (Å²) >= 11 is 0. The molecule has 0 radical (unpaired) electrons. The molecule has 2 saturated carbocycles. The van der Waals surface area contributed by atoms with Crippen LogP contribution in [0.3, 0.4) is 0 Å². The largest absolute Gasteiger partial charge is 0.390 e. The molecule has 0 amide bonds. The van der Waals surface area contributed by atoms with Crippen molar-refractivity contribution in [2.45, 2.75) is 74.8 Å². The molecule has 128 valence electrons. The summed E-state index contributed by atoms with van der Waals surface area (Å²) in [6.07, 6.45) is 2.60. The molecule has 4 atom stereocenters. The molecule has 4 rings (SSSR count). The number of aliphatic hydroxyl groups is 2. The van der Waals surface area contributed by atoms with Gasteiger partial charge in [-0.05, 0) is 51.4 Å². The average molecular weight is 341 g/mol. The molecule has 8 heteroatoms. The van der Waals surface area contributed by atoms with Gasteiger partial charge in [0, 0.05) is 6.54 Å². The zero-order chi connectivity index (χ0) is 16.4. The van der Waals surface area contributed by atoms with E-state index in [1.165, 1.54) is 0 Å². The molecule has 2 aliphatic carbocycles. The Labute approximate surface area is 135 Å². The molecule has 0 saturated heterocycles. The Hall–Kier alpha value is -0.960. The van der Waals surface area contributed by atoms with Crippen LogP contribution < -0.4 is 4.72 Å². The maximum atomic E-state index is 12.9. The molecule has 3 N–H and O–H groups in total. The summed E-state index contributed by atoms with van der Waals surface area (Å²) in [7, 11) is -3.82.